The molecule has 2 aromatic heterocycles. The summed E-state index contributed by atoms with van der Waals surface area (Å²) in [5, 5.41) is 24.0. The van der Waals surface area contributed by atoms with Gasteiger partial charge in [0.15, 0.2) is 23.3 Å². The Hall–Kier alpha value is -5.18. The molecule has 5 N–H and O–H groups in total. The number of anilines is 1. The van der Waals surface area contributed by atoms with Gasteiger partial charge < -0.3 is 44.7 Å². The first-order valence-corrected chi connectivity index (χ1v) is 17.1. The Balaban J connectivity index is 1.08. The average Bonchev–Trinajstić information content (AvgIpc) is 3.86. The van der Waals surface area contributed by atoms with Crippen LogP contribution in [0.2, 0.25) is 0 Å². The van der Waals surface area contributed by atoms with Gasteiger partial charge in [-0.15, -0.1) is 11.8 Å². The number of thioether (sulfide) groups is 1. The highest BCUT2D eigenvalue weighted by atomic mass is 32.2. The van der Waals surface area contributed by atoms with E-state index < -0.39 is 52.2 Å². The van der Waals surface area contributed by atoms with Crippen LogP contribution in [-0.2, 0) is 35.9 Å². The number of likely N-dealkylation sites (tertiary alicyclic amines) is 2. The van der Waals surface area contributed by atoms with E-state index in [1.54, 1.807) is 4.90 Å². The maximum absolute atomic E-state index is 13.5. The number of ether oxygens (including phenoxy) is 1. The molecule has 19 nitrogen and oxygen atoms in total. The Bertz CT molecular complexity index is 1920. The van der Waals surface area contributed by atoms with Gasteiger partial charge in [0.2, 0.25) is 17.4 Å². The summed E-state index contributed by atoms with van der Waals surface area (Å²) >= 11 is 1.97. The van der Waals surface area contributed by atoms with Crippen molar-refractivity contribution in [2.45, 2.75) is 63.1 Å². The van der Waals surface area contributed by atoms with E-state index >= 15 is 0 Å². The van der Waals surface area contributed by atoms with Crippen molar-refractivity contribution in [3.05, 3.63) is 50.9 Å². The van der Waals surface area contributed by atoms with Crippen LogP contribution in [0.4, 0.5) is 9.93 Å². The van der Waals surface area contributed by atoms with Crippen molar-refractivity contribution in [1.29, 1.82) is 0 Å². The standard InChI is InChI=1S/C29H32N8O11S2/c1-29(2,3)19-15(47-28(44)48-19)10-46-27(43)35-6-5-14(9-35)36-7-4-12(22(36)39)8-13-11-49-24-17(23(40)37(24)18(13)25(41)42)31-21(38)16(33-45)20-32-26(30)50-34-20/h8,14,17,24,45H,4-7,9-11H2,1-3H3,(H,31,38)(H,41,42)(H2,30,32,34)/t14-,17-,24-/m1/s1. The largest absolute Gasteiger partial charge is 0.519 e. The van der Waals surface area contributed by atoms with Crippen molar-refractivity contribution < 1.29 is 47.9 Å². The van der Waals surface area contributed by atoms with E-state index in [2.05, 4.69) is 19.8 Å². The number of amides is 4. The molecular formula is C29H32N8O11S2. The third kappa shape index (κ3) is 6.44. The van der Waals surface area contributed by atoms with Gasteiger partial charge >= 0.3 is 17.9 Å². The first-order chi connectivity index (χ1) is 23.7. The summed E-state index contributed by atoms with van der Waals surface area (Å²) in [5.41, 5.74) is 4.75. The lowest BCUT2D eigenvalue weighted by Crippen LogP contribution is -2.71. The molecule has 6 heterocycles. The summed E-state index contributed by atoms with van der Waals surface area (Å²) in [7, 11) is 0. The molecule has 0 radical (unpaired) electrons. The molecule has 0 spiro atoms. The molecule has 266 valence electrons. The fourth-order valence-corrected chi connectivity index (χ4v) is 7.91. The number of nitrogen functional groups attached to an aromatic ring is 1. The fraction of sp³-hybridized carbons (Fsp3) is 0.483. The van der Waals surface area contributed by atoms with Crippen molar-refractivity contribution in [3.8, 4) is 0 Å². The minimum Gasteiger partial charge on any atom is -0.477 e. The summed E-state index contributed by atoms with van der Waals surface area (Å²) < 4.78 is 19.4. The number of nitrogens with one attached hydrogen (secondary N) is 1. The van der Waals surface area contributed by atoms with E-state index in [4.69, 9.17) is 19.3 Å². The lowest BCUT2D eigenvalue weighted by atomic mass is 9.92. The molecule has 0 saturated carbocycles. The number of rotatable bonds is 8. The monoisotopic (exact) mass is 732 g/mol. The van der Waals surface area contributed by atoms with E-state index in [9.17, 15) is 39.1 Å². The predicted molar refractivity (Wildman–Crippen MR) is 173 cm³/mol. The Morgan fingerprint density at radius 2 is 1.96 bits per heavy atom. The summed E-state index contributed by atoms with van der Waals surface area (Å²) in [6.45, 7) is 6.07. The summed E-state index contributed by atoms with van der Waals surface area (Å²) in [4.78, 5) is 84.2. The van der Waals surface area contributed by atoms with E-state index in [-0.39, 0.29) is 64.6 Å². The minimum atomic E-state index is -1.38. The third-order valence-electron chi connectivity index (χ3n) is 8.48. The number of carbonyl (C=O) groups excluding carboxylic acids is 4. The van der Waals surface area contributed by atoms with E-state index in [0.29, 0.717) is 31.5 Å². The number of carboxylic acids is 1. The number of β-lactam (4-membered cyclic amide) rings is 1. The molecule has 6 rings (SSSR count). The van der Waals surface area contributed by atoms with Gasteiger partial charge in [-0.1, -0.05) is 25.9 Å². The molecule has 0 aromatic carbocycles. The van der Waals surface area contributed by atoms with Crippen molar-refractivity contribution in [2.75, 3.05) is 31.1 Å². The minimum absolute atomic E-state index is 0.0322. The van der Waals surface area contributed by atoms with Crippen molar-refractivity contribution in [2.24, 2.45) is 5.16 Å². The van der Waals surface area contributed by atoms with Crippen LogP contribution in [0.3, 0.4) is 0 Å². The second-order valence-electron chi connectivity index (χ2n) is 12.8. The predicted octanol–water partition coefficient (Wildman–Crippen LogP) is 0.451. The Morgan fingerprint density at radius 3 is 2.62 bits per heavy atom. The Morgan fingerprint density at radius 1 is 1.20 bits per heavy atom. The highest BCUT2D eigenvalue weighted by molar-refractivity contribution is 8.00. The average molecular weight is 733 g/mol. The quantitative estimate of drug-likeness (QED) is 0.0944. The highest BCUT2D eigenvalue weighted by Gasteiger charge is 2.54. The molecule has 4 aliphatic rings. The highest BCUT2D eigenvalue weighted by Crippen LogP contribution is 2.41. The second-order valence-corrected chi connectivity index (χ2v) is 14.7. The fourth-order valence-electron chi connectivity index (χ4n) is 6.17. The maximum Gasteiger partial charge on any atom is 0.519 e. The number of carboxylic acid groups (broad SMARTS) is 1. The van der Waals surface area contributed by atoms with Crippen LogP contribution in [0.1, 0.15) is 51.0 Å². The second kappa shape index (κ2) is 13.3. The van der Waals surface area contributed by atoms with Gasteiger partial charge in [-0.2, -0.15) is 9.36 Å². The lowest BCUT2D eigenvalue weighted by molar-refractivity contribution is -0.150. The molecule has 21 heteroatoms. The van der Waals surface area contributed by atoms with Crippen LogP contribution in [0.25, 0.3) is 0 Å². The summed E-state index contributed by atoms with van der Waals surface area (Å²) in [6.07, 6.45) is 1.67. The molecule has 0 unspecified atom stereocenters. The molecule has 3 fully saturated rings. The number of aromatic nitrogens is 2. The molecule has 4 amide bonds. The number of fused-ring (bicyclic) bond motifs is 1. The zero-order valence-electron chi connectivity index (χ0n) is 26.9. The number of nitrogens with two attached hydrogens (primary N) is 1. The molecule has 50 heavy (non-hydrogen) atoms. The number of allylic oxidation sites excluding steroid dienone is 1. The maximum atomic E-state index is 13.5. The number of hydrogen-bond donors (Lipinski definition) is 4. The Labute approximate surface area is 290 Å². The van der Waals surface area contributed by atoms with Crippen molar-refractivity contribution in [3.63, 3.8) is 0 Å². The summed E-state index contributed by atoms with van der Waals surface area (Å²) in [5.74, 6) is -3.92. The first-order valence-electron chi connectivity index (χ1n) is 15.3. The number of aliphatic carboxylic acids is 1. The van der Waals surface area contributed by atoms with Crippen LogP contribution in [-0.4, -0.2) is 113 Å². The van der Waals surface area contributed by atoms with Crippen LogP contribution < -0.4 is 16.9 Å². The first kappa shape index (κ1) is 34.7. The van der Waals surface area contributed by atoms with Crippen LogP contribution >= 0.6 is 23.3 Å². The molecule has 4 aliphatic heterocycles. The van der Waals surface area contributed by atoms with Gasteiger partial charge in [-0.25, -0.2) is 14.4 Å². The van der Waals surface area contributed by atoms with Crippen molar-refractivity contribution >= 4 is 63.9 Å². The van der Waals surface area contributed by atoms with Gasteiger partial charge in [-0.3, -0.25) is 19.3 Å². The third-order valence-corrected chi connectivity index (χ3v) is 10.3. The Kier molecular flexibility index (Phi) is 9.20. The van der Waals surface area contributed by atoms with Gasteiger partial charge in [0.05, 0.1) is 6.04 Å². The van der Waals surface area contributed by atoms with Gasteiger partial charge in [-0.05, 0) is 24.5 Å². The van der Waals surface area contributed by atoms with E-state index in [0.717, 1.165) is 16.4 Å². The van der Waals surface area contributed by atoms with Gasteiger partial charge in [0, 0.05) is 47.9 Å². The van der Waals surface area contributed by atoms with E-state index in [1.807, 2.05) is 20.8 Å². The number of oxime groups is 1. The zero-order chi connectivity index (χ0) is 36.1. The lowest BCUT2D eigenvalue weighted by Gasteiger charge is -2.49. The topological polar surface area (TPSA) is 264 Å². The van der Waals surface area contributed by atoms with Gasteiger partial charge in [0.25, 0.3) is 11.8 Å². The van der Waals surface area contributed by atoms with Crippen LogP contribution in [0, 0.1) is 0 Å². The molecular weight excluding hydrogens is 700 g/mol. The molecule has 3 saturated heterocycles. The molecule has 2 aromatic rings. The van der Waals surface area contributed by atoms with Gasteiger partial charge in [0.1, 0.15) is 17.1 Å². The smallest absolute Gasteiger partial charge is 0.477 e. The van der Waals surface area contributed by atoms with Crippen LogP contribution in [0.5, 0.6) is 0 Å². The molecule has 0 bridgehead atoms. The van der Waals surface area contributed by atoms with Crippen LogP contribution in [0.15, 0.2) is 41.7 Å². The molecule has 0 aliphatic carbocycles. The summed E-state index contributed by atoms with van der Waals surface area (Å²) in [6, 6.07) is -1.43. The SMILES string of the molecule is CC(C)(C)c1oc(=O)oc1COC(=O)N1CC[C@@H](N2CCC(=CC3=C(C(=O)O)N4C(=O)[C@@H](NC(=O)C(=NO)c5nsc(N)n5)[C@H]4SC3)C2=O)C1. The number of nitrogens with zero attached hydrogens (tertiary/aromatic N) is 6. The number of hydrogen-bond acceptors (Lipinski definition) is 16. The van der Waals surface area contributed by atoms with E-state index in [1.165, 1.54) is 22.7 Å². The molecule has 3 atom stereocenters. The van der Waals surface area contributed by atoms with Crippen molar-refractivity contribution in [1.82, 2.24) is 29.4 Å². The zero-order valence-corrected chi connectivity index (χ0v) is 28.5. The normalized spacial score (nSPS) is 23.4. The number of carbonyl (C=O) groups is 5.